The van der Waals surface area contributed by atoms with Gasteiger partial charge in [-0.25, -0.2) is 0 Å². The standard InChI is InChI=1S/C17H16N2/c1-13-2-4-14(5-3-13)16-6-7-17(19-12-16)15-8-10-18-11-9-15/h2-12,17,19H,1H3. The van der Waals surface area contributed by atoms with E-state index in [-0.39, 0.29) is 6.04 Å². The molecule has 0 fully saturated rings. The Morgan fingerprint density at radius 3 is 2.37 bits per heavy atom. The van der Waals surface area contributed by atoms with Crippen molar-refractivity contribution in [2.45, 2.75) is 13.0 Å². The Kier molecular flexibility index (Phi) is 3.15. The van der Waals surface area contributed by atoms with Crippen LogP contribution in [-0.2, 0) is 0 Å². The summed E-state index contributed by atoms with van der Waals surface area (Å²) in [7, 11) is 0. The van der Waals surface area contributed by atoms with Crippen molar-refractivity contribution in [2.24, 2.45) is 0 Å². The Morgan fingerprint density at radius 1 is 1.00 bits per heavy atom. The maximum Gasteiger partial charge on any atom is 0.0697 e. The van der Waals surface area contributed by atoms with Gasteiger partial charge in [-0.3, -0.25) is 4.98 Å². The van der Waals surface area contributed by atoms with E-state index in [1.807, 2.05) is 24.5 Å². The first-order chi connectivity index (χ1) is 9.33. The van der Waals surface area contributed by atoms with Crippen molar-refractivity contribution in [1.29, 1.82) is 0 Å². The van der Waals surface area contributed by atoms with Crippen LogP contribution < -0.4 is 5.32 Å². The third-order valence-corrected chi connectivity index (χ3v) is 3.34. The van der Waals surface area contributed by atoms with Gasteiger partial charge in [0.25, 0.3) is 0 Å². The lowest BCUT2D eigenvalue weighted by Crippen LogP contribution is -2.16. The van der Waals surface area contributed by atoms with Crippen LogP contribution in [0.25, 0.3) is 5.57 Å². The van der Waals surface area contributed by atoms with Gasteiger partial charge in [0.1, 0.15) is 0 Å². The molecule has 0 saturated carbocycles. The summed E-state index contributed by atoms with van der Waals surface area (Å²) < 4.78 is 0. The van der Waals surface area contributed by atoms with E-state index in [4.69, 9.17) is 0 Å². The zero-order valence-electron chi connectivity index (χ0n) is 10.9. The molecule has 0 bridgehead atoms. The summed E-state index contributed by atoms with van der Waals surface area (Å²) in [6.45, 7) is 2.10. The van der Waals surface area contributed by atoms with E-state index in [0.29, 0.717) is 0 Å². The number of rotatable bonds is 2. The Hall–Kier alpha value is -2.35. The summed E-state index contributed by atoms with van der Waals surface area (Å²) in [5, 5.41) is 3.42. The van der Waals surface area contributed by atoms with Crippen molar-refractivity contribution in [2.75, 3.05) is 0 Å². The zero-order chi connectivity index (χ0) is 13.1. The summed E-state index contributed by atoms with van der Waals surface area (Å²) >= 11 is 0. The van der Waals surface area contributed by atoms with E-state index in [2.05, 4.69) is 59.8 Å². The average molecular weight is 248 g/mol. The van der Waals surface area contributed by atoms with Crippen LogP contribution in [0, 0.1) is 6.92 Å². The maximum absolute atomic E-state index is 4.04. The minimum atomic E-state index is 0.234. The molecular formula is C17H16N2. The van der Waals surface area contributed by atoms with Crippen molar-refractivity contribution in [3.63, 3.8) is 0 Å². The number of aryl methyl sites for hydroxylation is 1. The van der Waals surface area contributed by atoms with E-state index in [1.54, 1.807) is 0 Å². The van der Waals surface area contributed by atoms with E-state index >= 15 is 0 Å². The van der Waals surface area contributed by atoms with Crippen LogP contribution in [0.2, 0.25) is 0 Å². The first kappa shape index (κ1) is 11.7. The third kappa shape index (κ3) is 2.58. The number of benzene rings is 1. The number of aromatic nitrogens is 1. The molecule has 1 aliphatic rings. The molecule has 94 valence electrons. The summed E-state index contributed by atoms with van der Waals surface area (Å²) in [5.74, 6) is 0. The fourth-order valence-corrected chi connectivity index (χ4v) is 2.19. The number of nitrogens with one attached hydrogen (secondary N) is 1. The molecule has 1 N–H and O–H groups in total. The van der Waals surface area contributed by atoms with E-state index < -0.39 is 0 Å². The van der Waals surface area contributed by atoms with Crippen LogP contribution in [-0.4, -0.2) is 4.98 Å². The number of hydrogen-bond donors (Lipinski definition) is 1. The Morgan fingerprint density at radius 2 is 1.74 bits per heavy atom. The van der Waals surface area contributed by atoms with Gasteiger partial charge in [0, 0.05) is 18.6 Å². The van der Waals surface area contributed by atoms with E-state index in [0.717, 1.165) is 0 Å². The lowest BCUT2D eigenvalue weighted by molar-refractivity contribution is 0.748. The van der Waals surface area contributed by atoms with Gasteiger partial charge in [-0.2, -0.15) is 0 Å². The van der Waals surface area contributed by atoms with Crippen LogP contribution in [0.5, 0.6) is 0 Å². The van der Waals surface area contributed by atoms with Gasteiger partial charge in [-0.1, -0.05) is 42.0 Å². The summed E-state index contributed by atoms with van der Waals surface area (Å²) in [6.07, 6.45) is 10.1. The van der Waals surface area contributed by atoms with Crippen LogP contribution in [0.4, 0.5) is 0 Å². The Bertz CT molecular complexity index is 609. The van der Waals surface area contributed by atoms with Gasteiger partial charge in [-0.05, 0) is 35.8 Å². The predicted octanol–water partition coefficient (Wildman–Crippen LogP) is 3.63. The van der Waals surface area contributed by atoms with Gasteiger partial charge in [-0.15, -0.1) is 0 Å². The highest BCUT2D eigenvalue weighted by Gasteiger charge is 2.10. The highest BCUT2D eigenvalue weighted by atomic mass is 14.9. The lowest BCUT2D eigenvalue weighted by atomic mass is 9.99. The van der Waals surface area contributed by atoms with Crippen molar-refractivity contribution in [3.05, 3.63) is 83.8 Å². The molecule has 1 unspecified atom stereocenters. The second-order valence-corrected chi connectivity index (χ2v) is 4.75. The Balaban J connectivity index is 1.78. The molecule has 0 radical (unpaired) electrons. The van der Waals surface area contributed by atoms with E-state index in [9.17, 15) is 0 Å². The molecule has 1 atom stereocenters. The molecule has 2 heteroatoms. The van der Waals surface area contributed by atoms with Crippen LogP contribution in [0.15, 0.2) is 67.1 Å². The summed E-state index contributed by atoms with van der Waals surface area (Å²) in [6, 6.07) is 12.9. The van der Waals surface area contributed by atoms with Gasteiger partial charge < -0.3 is 5.32 Å². The molecule has 3 rings (SSSR count). The molecule has 0 aliphatic carbocycles. The third-order valence-electron chi connectivity index (χ3n) is 3.34. The molecule has 1 aromatic heterocycles. The molecule has 2 nitrogen and oxygen atoms in total. The molecule has 2 aromatic rings. The average Bonchev–Trinajstić information content (AvgIpc) is 2.49. The molecule has 0 saturated heterocycles. The van der Waals surface area contributed by atoms with Crippen molar-refractivity contribution in [1.82, 2.24) is 10.3 Å². The molecule has 19 heavy (non-hydrogen) atoms. The highest BCUT2D eigenvalue weighted by Crippen LogP contribution is 2.23. The van der Waals surface area contributed by atoms with Crippen molar-refractivity contribution >= 4 is 5.57 Å². The Labute approximate surface area is 113 Å². The summed E-state index contributed by atoms with van der Waals surface area (Å²) in [4.78, 5) is 4.04. The monoisotopic (exact) mass is 248 g/mol. The van der Waals surface area contributed by atoms with Crippen molar-refractivity contribution < 1.29 is 0 Å². The fraction of sp³-hybridized carbons (Fsp3) is 0.118. The number of dihydropyridines is 1. The molecule has 0 spiro atoms. The number of nitrogens with zero attached hydrogens (tertiary/aromatic N) is 1. The van der Waals surface area contributed by atoms with Gasteiger partial charge in [0.2, 0.25) is 0 Å². The summed E-state index contributed by atoms with van der Waals surface area (Å²) in [5.41, 5.74) is 4.96. The van der Waals surface area contributed by atoms with Gasteiger partial charge in [0.05, 0.1) is 6.04 Å². The fourth-order valence-electron chi connectivity index (χ4n) is 2.19. The van der Waals surface area contributed by atoms with Gasteiger partial charge >= 0.3 is 0 Å². The van der Waals surface area contributed by atoms with Crippen molar-refractivity contribution in [3.8, 4) is 0 Å². The molecule has 1 aromatic carbocycles. The smallest absolute Gasteiger partial charge is 0.0697 e. The molecule has 0 amide bonds. The number of pyridine rings is 1. The quantitative estimate of drug-likeness (QED) is 0.877. The molecule has 2 heterocycles. The van der Waals surface area contributed by atoms with Crippen LogP contribution in [0.1, 0.15) is 22.7 Å². The number of allylic oxidation sites excluding steroid dienone is 2. The minimum Gasteiger partial charge on any atom is -0.380 e. The zero-order valence-corrected chi connectivity index (χ0v) is 10.9. The van der Waals surface area contributed by atoms with Gasteiger partial charge in [0.15, 0.2) is 0 Å². The van der Waals surface area contributed by atoms with Crippen LogP contribution in [0.3, 0.4) is 0 Å². The van der Waals surface area contributed by atoms with Crippen LogP contribution >= 0.6 is 0 Å². The second-order valence-electron chi connectivity index (χ2n) is 4.75. The lowest BCUT2D eigenvalue weighted by Gasteiger charge is -2.19. The predicted molar refractivity (Wildman–Crippen MR) is 78.4 cm³/mol. The molecular weight excluding hydrogens is 232 g/mol. The normalized spacial score (nSPS) is 17.7. The first-order valence-corrected chi connectivity index (χ1v) is 6.44. The number of hydrogen-bond acceptors (Lipinski definition) is 2. The van der Waals surface area contributed by atoms with E-state index in [1.165, 1.54) is 22.3 Å². The first-order valence-electron chi connectivity index (χ1n) is 6.44. The largest absolute Gasteiger partial charge is 0.380 e. The second kappa shape index (κ2) is 5.11. The topological polar surface area (TPSA) is 24.9 Å². The minimum absolute atomic E-state index is 0.234. The highest BCUT2D eigenvalue weighted by molar-refractivity contribution is 5.75. The maximum atomic E-state index is 4.04. The molecule has 1 aliphatic heterocycles. The SMILES string of the molecule is Cc1ccc(C2=CNC(c3ccncc3)C=C2)cc1.